The van der Waals surface area contributed by atoms with E-state index in [4.69, 9.17) is 5.10 Å². The SMILES string of the molecule is Cc1nn(-c2ccccc2)c2c1[C@H](c1cccnc1)C1=C(CCCC1=O)N2. The Bertz CT molecular complexity index is 1050. The Hall–Kier alpha value is -3.21. The number of para-hydroxylation sites is 1. The summed E-state index contributed by atoms with van der Waals surface area (Å²) in [6.07, 6.45) is 6.02. The summed E-state index contributed by atoms with van der Waals surface area (Å²) < 4.78 is 1.96. The normalized spacial score (nSPS) is 18.7. The lowest BCUT2D eigenvalue weighted by molar-refractivity contribution is -0.116. The van der Waals surface area contributed by atoms with Crippen LogP contribution in [0.5, 0.6) is 0 Å². The number of fused-ring (bicyclic) bond motifs is 1. The molecule has 134 valence electrons. The third-order valence-electron chi connectivity index (χ3n) is 5.43. The molecule has 27 heavy (non-hydrogen) atoms. The molecule has 0 amide bonds. The standard InChI is InChI=1S/C22H20N4O/c1-14-19-20(15-7-6-12-23-13-15)21-17(10-5-11-18(21)27)24-22(19)26(25-14)16-8-3-2-4-9-16/h2-4,6-9,12-13,20,24H,5,10-11H2,1H3/t20-/m0/s1. The van der Waals surface area contributed by atoms with Crippen LogP contribution in [0.3, 0.4) is 0 Å². The number of Topliss-reactive ketones (excluding diaryl/α,β-unsaturated/α-hetero) is 1. The minimum Gasteiger partial charge on any atom is -0.343 e. The number of allylic oxidation sites excluding steroid dienone is 2. The van der Waals surface area contributed by atoms with Crippen molar-refractivity contribution in [2.45, 2.75) is 32.1 Å². The van der Waals surface area contributed by atoms with E-state index in [1.807, 2.05) is 54.2 Å². The zero-order valence-corrected chi connectivity index (χ0v) is 15.1. The van der Waals surface area contributed by atoms with Crippen LogP contribution >= 0.6 is 0 Å². The van der Waals surface area contributed by atoms with E-state index in [1.165, 1.54) is 0 Å². The smallest absolute Gasteiger partial charge is 0.161 e. The molecule has 2 aromatic heterocycles. The number of hydrogen-bond acceptors (Lipinski definition) is 4. The van der Waals surface area contributed by atoms with Gasteiger partial charge in [-0.05, 0) is 43.5 Å². The van der Waals surface area contributed by atoms with Gasteiger partial charge in [0.2, 0.25) is 0 Å². The van der Waals surface area contributed by atoms with E-state index < -0.39 is 0 Å². The van der Waals surface area contributed by atoms with Crippen LogP contribution < -0.4 is 5.32 Å². The number of aryl methyl sites for hydroxylation is 1. The number of anilines is 1. The van der Waals surface area contributed by atoms with Gasteiger partial charge < -0.3 is 5.32 Å². The van der Waals surface area contributed by atoms with Crippen molar-refractivity contribution in [2.24, 2.45) is 0 Å². The Morgan fingerprint density at radius 3 is 2.74 bits per heavy atom. The molecular weight excluding hydrogens is 336 g/mol. The number of pyridine rings is 1. The summed E-state index contributed by atoms with van der Waals surface area (Å²) in [6, 6.07) is 14.1. The minimum absolute atomic E-state index is 0.116. The fourth-order valence-corrected chi connectivity index (χ4v) is 4.26. The van der Waals surface area contributed by atoms with Crippen molar-refractivity contribution >= 4 is 11.6 Å². The van der Waals surface area contributed by atoms with Gasteiger partial charge in [0, 0.05) is 41.6 Å². The zero-order chi connectivity index (χ0) is 18.4. The van der Waals surface area contributed by atoms with Crippen molar-refractivity contribution in [1.29, 1.82) is 0 Å². The fourth-order valence-electron chi connectivity index (χ4n) is 4.26. The van der Waals surface area contributed by atoms with Gasteiger partial charge >= 0.3 is 0 Å². The molecule has 0 radical (unpaired) electrons. The maximum Gasteiger partial charge on any atom is 0.161 e. The highest BCUT2D eigenvalue weighted by atomic mass is 16.1. The van der Waals surface area contributed by atoms with Crippen molar-refractivity contribution in [1.82, 2.24) is 14.8 Å². The molecule has 1 N–H and O–H groups in total. The highest BCUT2D eigenvalue weighted by Gasteiger charge is 2.38. The first-order valence-electron chi connectivity index (χ1n) is 9.32. The number of ketones is 1. The van der Waals surface area contributed by atoms with E-state index >= 15 is 0 Å². The van der Waals surface area contributed by atoms with Gasteiger partial charge in [0.1, 0.15) is 5.82 Å². The quantitative estimate of drug-likeness (QED) is 0.750. The average molecular weight is 356 g/mol. The molecule has 0 unspecified atom stereocenters. The van der Waals surface area contributed by atoms with Crippen LogP contribution in [0.1, 0.15) is 42.0 Å². The fraction of sp³-hybridized carbons (Fsp3) is 0.227. The number of nitrogens with zero attached hydrogens (tertiary/aromatic N) is 3. The second-order valence-corrected chi connectivity index (χ2v) is 7.11. The number of rotatable bonds is 2. The molecule has 1 aliphatic heterocycles. The maximum atomic E-state index is 12.9. The predicted molar refractivity (Wildman–Crippen MR) is 104 cm³/mol. The Morgan fingerprint density at radius 1 is 1.11 bits per heavy atom. The molecule has 0 saturated carbocycles. The molecule has 1 aromatic carbocycles. The first-order valence-corrected chi connectivity index (χ1v) is 9.32. The van der Waals surface area contributed by atoms with Crippen LogP contribution in [0.4, 0.5) is 5.82 Å². The molecule has 5 heteroatoms. The van der Waals surface area contributed by atoms with Crippen LogP contribution in [-0.2, 0) is 4.79 Å². The van der Waals surface area contributed by atoms with E-state index in [9.17, 15) is 4.79 Å². The average Bonchev–Trinajstić information content (AvgIpc) is 3.04. The third-order valence-corrected chi connectivity index (χ3v) is 5.43. The van der Waals surface area contributed by atoms with Crippen LogP contribution in [0.25, 0.3) is 5.69 Å². The number of hydrogen-bond donors (Lipinski definition) is 1. The van der Waals surface area contributed by atoms with Gasteiger partial charge in [0.15, 0.2) is 5.78 Å². The molecule has 2 aliphatic rings. The third kappa shape index (κ3) is 2.50. The van der Waals surface area contributed by atoms with Gasteiger partial charge in [-0.2, -0.15) is 5.10 Å². The van der Waals surface area contributed by atoms with E-state index in [0.29, 0.717) is 6.42 Å². The predicted octanol–water partition coefficient (Wildman–Crippen LogP) is 4.14. The van der Waals surface area contributed by atoms with Gasteiger partial charge in [-0.3, -0.25) is 9.78 Å². The summed E-state index contributed by atoms with van der Waals surface area (Å²) in [5.74, 6) is 1.08. The Labute approximate surface area is 157 Å². The van der Waals surface area contributed by atoms with Crippen molar-refractivity contribution in [3.8, 4) is 5.69 Å². The van der Waals surface area contributed by atoms with Crippen LogP contribution in [0.2, 0.25) is 0 Å². The molecule has 0 saturated heterocycles. The zero-order valence-electron chi connectivity index (χ0n) is 15.1. The first kappa shape index (κ1) is 16.0. The van der Waals surface area contributed by atoms with Crippen LogP contribution in [-0.4, -0.2) is 20.5 Å². The van der Waals surface area contributed by atoms with Gasteiger partial charge in [-0.25, -0.2) is 4.68 Å². The molecule has 0 spiro atoms. The summed E-state index contributed by atoms with van der Waals surface area (Å²) in [5, 5.41) is 8.37. The van der Waals surface area contributed by atoms with Crippen molar-refractivity contribution in [2.75, 3.05) is 5.32 Å². The number of carbonyl (C=O) groups is 1. The molecule has 3 heterocycles. The van der Waals surface area contributed by atoms with Crippen molar-refractivity contribution < 1.29 is 4.79 Å². The van der Waals surface area contributed by atoms with Gasteiger partial charge in [0.25, 0.3) is 0 Å². The monoisotopic (exact) mass is 356 g/mol. The summed E-state index contributed by atoms with van der Waals surface area (Å²) in [7, 11) is 0. The molecular formula is C22H20N4O. The van der Waals surface area contributed by atoms with E-state index in [-0.39, 0.29) is 11.7 Å². The summed E-state index contributed by atoms with van der Waals surface area (Å²) in [4.78, 5) is 17.2. The lowest BCUT2D eigenvalue weighted by Crippen LogP contribution is -2.27. The summed E-state index contributed by atoms with van der Waals surface area (Å²) in [5.41, 5.74) is 5.97. The minimum atomic E-state index is -0.116. The molecule has 1 aliphatic carbocycles. The lowest BCUT2D eigenvalue weighted by Gasteiger charge is -2.32. The van der Waals surface area contributed by atoms with Gasteiger partial charge in [-0.1, -0.05) is 24.3 Å². The summed E-state index contributed by atoms with van der Waals surface area (Å²) in [6.45, 7) is 2.02. The highest BCUT2D eigenvalue weighted by Crippen LogP contribution is 2.46. The maximum absolute atomic E-state index is 12.9. The van der Waals surface area contributed by atoms with Crippen molar-refractivity contribution in [3.05, 3.63) is 82.9 Å². The van der Waals surface area contributed by atoms with Gasteiger partial charge in [-0.15, -0.1) is 0 Å². The van der Waals surface area contributed by atoms with Crippen LogP contribution in [0.15, 0.2) is 66.1 Å². The Balaban J connectivity index is 1.76. The Morgan fingerprint density at radius 2 is 1.96 bits per heavy atom. The Kier molecular flexibility index (Phi) is 3.67. The molecule has 0 bridgehead atoms. The van der Waals surface area contributed by atoms with Crippen LogP contribution in [0, 0.1) is 6.92 Å². The largest absolute Gasteiger partial charge is 0.343 e. The first-order chi connectivity index (χ1) is 13.2. The topological polar surface area (TPSA) is 59.8 Å². The highest BCUT2D eigenvalue weighted by molar-refractivity contribution is 6.01. The lowest BCUT2D eigenvalue weighted by atomic mass is 9.76. The van der Waals surface area contributed by atoms with E-state index in [2.05, 4.69) is 16.4 Å². The summed E-state index contributed by atoms with van der Waals surface area (Å²) >= 11 is 0. The number of nitrogens with one attached hydrogen (secondary N) is 1. The number of benzene rings is 1. The molecule has 0 fully saturated rings. The second-order valence-electron chi connectivity index (χ2n) is 7.11. The van der Waals surface area contributed by atoms with Crippen molar-refractivity contribution in [3.63, 3.8) is 0 Å². The molecule has 3 aromatic rings. The second kappa shape index (κ2) is 6.20. The molecule has 5 rings (SSSR count). The number of carbonyl (C=O) groups excluding carboxylic acids is 1. The molecule has 5 nitrogen and oxygen atoms in total. The van der Waals surface area contributed by atoms with E-state index in [0.717, 1.165) is 52.4 Å². The van der Waals surface area contributed by atoms with E-state index in [1.54, 1.807) is 6.20 Å². The van der Waals surface area contributed by atoms with Gasteiger partial charge in [0.05, 0.1) is 11.4 Å². The number of aromatic nitrogens is 3. The molecule has 1 atom stereocenters.